The van der Waals surface area contributed by atoms with E-state index in [2.05, 4.69) is 60.7 Å². The molecule has 0 N–H and O–H groups in total. The lowest BCUT2D eigenvalue weighted by Crippen LogP contribution is -2.57. The first kappa shape index (κ1) is 23.4. The molecule has 0 spiro atoms. The molecule has 0 bridgehead atoms. The lowest BCUT2D eigenvalue weighted by Gasteiger charge is -2.34. The van der Waals surface area contributed by atoms with Crippen molar-refractivity contribution in [1.29, 1.82) is 5.26 Å². The van der Waals surface area contributed by atoms with Crippen molar-refractivity contribution >= 4 is 23.1 Å². The molecule has 2 aliphatic rings. The average molecular weight is 523 g/mol. The number of rotatable bonds is 3. The van der Waals surface area contributed by atoms with Crippen LogP contribution in [0.3, 0.4) is 0 Å². The fourth-order valence-electron chi connectivity index (χ4n) is 6.32. The van der Waals surface area contributed by atoms with Crippen molar-refractivity contribution in [3.05, 3.63) is 139 Å². The van der Waals surface area contributed by atoms with E-state index in [4.69, 9.17) is 9.47 Å². The van der Waals surface area contributed by atoms with Gasteiger partial charge in [0.25, 0.3) is 6.71 Å². The second kappa shape index (κ2) is 9.29. The molecule has 6 aromatic carbocycles. The lowest BCUT2D eigenvalue weighted by molar-refractivity contribution is 0.465. The molecule has 0 saturated carbocycles. The molecule has 6 aromatic rings. The third-order valence-corrected chi connectivity index (χ3v) is 8.07. The van der Waals surface area contributed by atoms with Crippen molar-refractivity contribution in [2.24, 2.45) is 0 Å². The maximum absolute atomic E-state index is 10.6. The van der Waals surface area contributed by atoms with Crippen molar-refractivity contribution in [3.8, 4) is 62.4 Å². The highest BCUT2D eigenvalue weighted by atomic mass is 16.5. The minimum Gasteiger partial charge on any atom is -0.458 e. The molecule has 41 heavy (non-hydrogen) atoms. The summed E-state index contributed by atoms with van der Waals surface area (Å²) >= 11 is 0. The molecule has 2 heterocycles. The van der Waals surface area contributed by atoms with Gasteiger partial charge < -0.3 is 9.47 Å². The summed E-state index contributed by atoms with van der Waals surface area (Å²) in [6, 6.07) is 47.8. The lowest BCUT2D eigenvalue weighted by atomic mass is 9.34. The van der Waals surface area contributed by atoms with Gasteiger partial charge in [-0.05, 0) is 51.4 Å². The van der Waals surface area contributed by atoms with Crippen LogP contribution in [0.4, 0.5) is 0 Å². The summed E-state index contributed by atoms with van der Waals surface area (Å²) in [6.07, 6.45) is 0. The first-order valence-electron chi connectivity index (χ1n) is 13.7. The van der Waals surface area contributed by atoms with Gasteiger partial charge in [0.2, 0.25) is 0 Å². The Morgan fingerprint density at radius 2 is 1.05 bits per heavy atom. The Morgan fingerprint density at radius 1 is 0.512 bits per heavy atom. The molecule has 0 unspecified atom stereocenters. The fraction of sp³-hybridized carbons (Fsp3) is 0. The Morgan fingerprint density at radius 3 is 1.63 bits per heavy atom. The summed E-state index contributed by atoms with van der Waals surface area (Å²) in [4.78, 5) is 0. The molecule has 0 saturated heterocycles. The van der Waals surface area contributed by atoms with Crippen LogP contribution in [0, 0.1) is 11.3 Å². The quantitative estimate of drug-likeness (QED) is 0.229. The Bertz CT molecular complexity index is 1940. The summed E-state index contributed by atoms with van der Waals surface area (Å²) in [5.74, 6) is 2.94. The van der Waals surface area contributed by atoms with Crippen LogP contribution in [0.5, 0.6) is 23.0 Å². The number of benzene rings is 6. The predicted molar refractivity (Wildman–Crippen MR) is 165 cm³/mol. The smallest absolute Gasteiger partial charge is 0.260 e. The van der Waals surface area contributed by atoms with Gasteiger partial charge in [-0.25, -0.2) is 0 Å². The molecule has 0 fully saturated rings. The summed E-state index contributed by atoms with van der Waals surface area (Å²) < 4.78 is 13.3. The molecular weight excluding hydrogens is 501 g/mol. The molecular formula is C37H22BNO2. The summed E-state index contributed by atoms with van der Waals surface area (Å²) in [5, 5.41) is 10.6. The van der Waals surface area contributed by atoms with Crippen molar-refractivity contribution < 1.29 is 9.47 Å². The molecule has 4 heteroatoms. The standard InChI is InChI=1S/C37H22BNO2/c39-23-26-22-33-36-37(41-32-21-10-8-19-30(32)38(36)29-18-7-9-20-31(29)40-33)34(26)35-27(24-12-3-1-4-13-24)16-11-17-28(35)25-14-5-2-6-15-25/h1-22H. The molecule has 3 nitrogen and oxygen atoms in total. The van der Waals surface area contributed by atoms with Gasteiger partial charge in [-0.2, -0.15) is 5.26 Å². The molecule has 0 amide bonds. The first-order valence-corrected chi connectivity index (χ1v) is 13.7. The number of nitrogens with zero attached hydrogens (tertiary/aromatic N) is 1. The van der Waals surface area contributed by atoms with Gasteiger partial charge in [0.05, 0.1) is 5.56 Å². The van der Waals surface area contributed by atoms with E-state index in [9.17, 15) is 5.26 Å². The van der Waals surface area contributed by atoms with Crippen LogP contribution < -0.4 is 25.9 Å². The van der Waals surface area contributed by atoms with E-state index in [1.54, 1.807) is 0 Å². The summed E-state index contributed by atoms with van der Waals surface area (Å²) in [5.41, 5.74) is 9.62. The second-order valence-electron chi connectivity index (χ2n) is 10.3. The Kier molecular flexibility index (Phi) is 5.30. The van der Waals surface area contributed by atoms with Gasteiger partial charge in [-0.1, -0.05) is 115 Å². The van der Waals surface area contributed by atoms with Gasteiger partial charge in [0.15, 0.2) is 0 Å². The van der Waals surface area contributed by atoms with Crippen LogP contribution >= 0.6 is 0 Å². The van der Waals surface area contributed by atoms with E-state index in [1.165, 1.54) is 0 Å². The van der Waals surface area contributed by atoms with Crippen molar-refractivity contribution in [2.75, 3.05) is 0 Å². The highest BCUT2D eigenvalue weighted by Crippen LogP contribution is 2.48. The van der Waals surface area contributed by atoms with Gasteiger partial charge in [-0.15, -0.1) is 0 Å². The van der Waals surface area contributed by atoms with E-state index in [0.717, 1.165) is 61.3 Å². The van der Waals surface area contributed by atoms with E-state index in [0.29, 0.717) is 17.1 Å². The van der Waals surface area contributed by atoms with Crippen LogP contribution in [-0.4, -0.2) is 6.71 Å². The van der Waals surface area contributed by atoms with Crippen molar-refractivity contribution in [2.45, 2.75) is 0 Å². The topological polar surface area (TPSA) is 42.2 Å². The van der Waals surface area contributed by atoms with Gasteiger partial charge >= 0.3 is 0 Å². The van der Waals surface area contributed by atoms with Crippen LogP contribution in [0.15, 0.2) is 133 Å². The minimum absolute atomic E-state index is 0.0783. The Balaban J connectivity index is 1.51. The molecule has 2 aliphatic heterocycles. The predicted octanol–water partition coefficient (Wildman–Crippen LogP) is 7.29. The van der Waals surface area contributed by atoms with E-state index < -0.39 is 0 Å². The molecule has 190 valence electrons. The zero-order chi connectivity index (χ0) is 27.3. The van der Waals surface area contributed by atoms with Crippen molar-refractivity contribution in [3.63, 3.8) is 0 Å². The maximum atomic E-state index is 10.6. The van der Waals surface area contributed by atoms with Crippen molar-refractivity contribution in [1.82, 2.24) is 0 Å². The second-order valence-corrected chi connectivity index (χ2v) is 10.3. The van der Waals surface area contributed by atoms with Crippen LogP contribution in [-0.2, 0) is 0 Å². The number of hydrogen-bond donors (Lipinski definition) is 0. The number of hydrogen-bond acceptors (Lipinski definition) is 3. The number of fused-ring (bicyclic) bond motifs is 4. The monoisotopic (exact) mass is 523 g/mol. The van der Waals surface area contributed by atoms with Crippen LogP contribution in [0.1, 0.15) is 5.56 Å². The Hall–Kier alpha value is -5.53. The number of nitriles is 1. The minimum atomic E-state index is -0.0783. The van der Waals surface area contributed by atoms with E-state index in [-0.39, 0.29) is 6.71 Å². The summed E-state index contributed by atoms with van der Waals surface area (Å²) in [6.45, 7) is -0.0783. The van der Waals surface area contributed by atoms with Crippen LogP contribution in [0.25, 0.3) is 33.4 Å². The van der Waals surface area contributed by atoms with E-state index >= 15 is 0 Å². The molecule has 0 aromatic heterocycles. The fourth-order valence-corrected chi connectivity index (χ4v) is 6.32. The van der Waals surface area contributed by atoms with E-state index in [1.807, 2.05) is 78.9 Å². The maximum Gasteiger partial charge on any atom is 0.260 e. The zero-order valence-corrected chi connectivity index (χ0v) is 22.0. The van der Waals surface area contributed by atoms with Gasteiger partial charge in [0.1, 0.15) is 29.1 Å². The molecule has 0 atom stereocenters. The third kappa shape index (κ3) is 3.60. The molecule has 8 rings (SSSR count). The highest BCUT2D eigenvalue weighted by molar-refractivity contribution is 6.98. The number of ether oxygens (including phenoxy) is 2. The largest absolute Gasteiger partial charge is 0.458 e. The van der Waals surface area contributed by atoms with Gasteiger partial charge in [0, 0.05) is 16.6 Å². The Labute approximate surface area is 239 Å². The first-order chi connectivity index (χ1) is 20.3. The average Bonchev–Trinajstić information content (AvgIpc) is 3.05. The van der Waals surface area contributed by atoms with Crippen LogP contribution in [0.2, 0.25) is 0 Å². The molecule has 0 radical (unpaired) electrons. The number of para-hydroxylation sites is 2. The molecule has 0 aliphatic carbocycles. The highest BCUT2D eigenvalue weighted by Gasteiger charge is 2.42. The zero-order valence-electron chi connectivity index (χ0n) is 22.0. The normalized spacial score (nSPS) is 12.2. The SMILES string of the molecule is N#Cc1cc2c3c(c1-c1c(-c4ccccc4)cccc1-c1ccccc1)Oc1ccccc1B3c1ccccc1O2. The summed E-state index contributed by atoms with van der Waals surface area (Å²) in [7, 11) is 0. The van der Waals surface area contributed by atoms with Gasteiger partial charge in [-0.3, -0.25) is 0 Å². The third-order valence-electron chi connectivity index (χ3n) is 8.07.